The van der Waals surface area contributed by atoms with E-state index in [0.717, 1.165) is 28.3 Å². The van der Waals surface area contributed by atoms with Crippen molar-refractivity contribution in [2.75, 3.05) is 17.4 Å². The second kappa shape index (κ2) is 17.5. The van der Waals surface area contributed by atoms with Gasteiger partial charge in [-0.25, -0.2) is 8.42 Å². The maximum absolute atomic E-state index is 14.6. The second-order valence-electron chi connectivity index (χ2n) is 11.7. The van der Waals surface area contributed by atoms with Crippen LogP contribution in [0.5, 0.6) is 11.5 Å². The summed E-state index contributed by atoms with van der Waals surface area (Å²) in [6.07, 6.45) is 1.90. The number of hydrogen-bond donors (Lipinski definition) is 1. The topological polar surface area (TPSA) is 96.0 Å². The monoisotopic (exact) mass is 709 g/mol. The first-order valence-corrected chi connectivity index (χ1v) is 18.3. The number of nitrogens with one attached hydrogen (secondary N) is 1. The Kier molecular flexibility index (Phi) is 12.7. The molecule has 0 aliphatic carbocycles. The number of sulfonamides is 1. The van der Waals surface area contributed by atoms with Gasteiger partial charge in [0.25, 0.3) is 10.0 Å². The van der Waals surface area contributed by atoms with Crippen molar-refractivity contribution < 1.29 is 22.7 Å². The van der Waals surface area contributed by atoms with Crippen LogP contribution in [0.1, 0.15) is 30.9 Å². The molecule has 8 nitrogen and oxygen atoms in total. The fourth-order valence-corrected chi connectivity index (χ4v) is 6.96. The number of halogens is 1. The Balaban J connectivity index is 1.53. The second-order valence-corrected chi connectivity index (χ2v) is 14.0. The zero-order chi connectivity index (χ0) is 35.3. The highest BCUT2D eigenvalue weighted by atomic mass is 35.5. The summed E-state index contributed by atoms with van der Waals surface area (Å²) in [5, 5.41) is 3.53. The average molecular weight is 710 g/mol. The molecule has 0 bridgehead atoms. The Morgan fingerprint density at radius 2 is 1.32 bits per heavy atom. The zero-order valence-electron chi connectivity index (χ0n) is 27.8. The number of hydrogen-bond acceptors (Lipinski definition) is 5. The van der Waals surface area contributed by atoms with E-state index in [0.29, 0.717) is 23.1 Å². The van der Waals surface area contributed by atoms with Crippen LogP contribution in [0.25, 0.3) is 0 Å². The largest absolute Gasteiger partial charge is 0.457 e. The number of carbonyl (C=O) groups excluding carboxylic acids is 2. The van der Waals surface area contributed by atoms with Gasteiger partial charge < -0.3 is 15.0 Å². The van der Waals surface area contributed by atoms with E-state index in [1.807, 2.05) is 67.6 Å². The number of para-hydroxylation sites is 1. The van der Waals surface area contributed by atoms with Crippen molar-refractivity contribution in [1.29, 1.82) is 0 Å². The van der Waals surface area contributed by atoms with Crippen LogP contribution in [0.2, 0.25) is 5.02 Å². The Hall–Kier alpha value is -5.12. The molecule has 0 fully saturated rings. The molecule has 5 aromatic carbocycles. The molecular formula is C40H40ClN3O5S. The highest BCUT2D eigenvalue weighted by Gasteiger charge is 2.34. The van der Waals surface area contributed by atoms with Crippen LogP contribution >= 0.6 is 11.6 Å². The van der Waals surface area contributed by atoms with E-state index < -0.39 is 28.5 Å². The van der Waals surface area contributed by atoms with Crippen molar-refractivity contribution in [3.63, 3.8) is 0 Å². The first-order valence-electron chi connectivity index (χ1n) is 16.5. The van der Waals surface area contributed by atoms with Crippen LogP contribution < -0.4 is 14.4 Å². The van der Waals surface area contributed by atoms with Gasteiger partial charge in [0.1, 0.15) is 24.1 Å². The van der Waals surface area contributed by atoms with E-state index in [4.69, 9.17) is 16.3 Å². The van der Waals surface area contributed by atoms with Crippen molar-refractivity contribution in [1.82, 2.24) is 10.2 Å². The molecule has 0 spiro atoms. The van der Waals surface area contributed by atoms with Crippen LogP contribution in [-0.4, -0.2) is 44.3 Å². The third-order valence-corrected chi connectivity index (χ3v) is 10.1. The molecule has 0 saturated carbocycles. The summed E-state index contributed by atoms with van der Waals surface area (Å²) >= 11 is 6.18. The molecular weight excluding hydrogens is 670 g/mol. The fraction of sp³-hybridized carbons (Fsp3) is 0.200. The summed E-state index contributed by atoms with van der Waals surface area (Å²) in [5.41, 5.74) is 1.86. The van der Waals surface area contributed by atoms with Crippen molar-refractivity contribution >= 4 is 39.1 Å². The normalized spacial score (nSPS) is 11.7. The van der Waals surface area contributed by atoms with Crippen molar-refractivity contribution in [2.45, 2.75) is 43.7 Å². The third-order valence-electron chi connectivity index (χ3n) is 8.08. The molecule has 0 heterocycles. The third kappa shape index (κ3) is 9.74. The molecule has 2 amide bonds. The first kappa shape index (κ1) is 36.2. The maximum atomic E-state index is 14.6. The first-order chi connectivity index (χ1) is 24.2. The number of rotatable bonds is 16. The molecule has 10 heteroatoms. The molecule has 5 rings (SSSR count). The predicted octanol–water partition coefficient (Wildman–Crippen LogP) is 7.88. The number of carbonyl (C=O) groups is 2. The summed E-state index contributed by atoms with van der Waals surface area (Å²) in [4.78, 5) is 30.0. The molecule has 1 N–H and O–H groups in total. The standard InChI is InChI=1S/C40H40ClN3O5S/c1-2-3-27-42-40(46)38(28-31-13-7-4-8-14-31)43(29-32-19-21-33(41)22-20-32)39(45)30-44(50(47,48)37-17-11-6-12-18-37)34-23-25-36(26-24-34)49-35-15-9-5-10-16-35/h4-26,38H,2-3,27-30H2,1H3,(H,42,46). The van der Waals surface area contributed by atoms with Crippen LogP contribution in [0.15, 0.2) is 144 Å². The highest BCUT2D eigenvalue weighted by Crippen LogP contribution is 2.29. The summed E-state index contributed by atoms with van der Waals surface area (Å²) in [6, 6.07) is 39.3. The molecule has 5 aromatic rings. The van der Waals surface area contributed by atoms with Gasteiger partial charge in [0.2, 0.25) is 11.8 Å². The minimum absolute atomic E-state index is 0.0276. The van der Waals surface area contributed by atoms with Crippen molar-refractivity contribution in [3.8, 4) is 11.5 Å². The lowest BCUT2D eigenvalue weighted by Crippen LogP contribution is -2.53. The highest BCUT2D eigenvalue weighted by molar-refractivity contribution is 7.92. The molecule has 0 radical (unpaired) electrons. The minimum Gasteiger partial charge on any atom is -0.457 e. The SMILES string of the molecule is CCCCNC(=O)C(Cc1ccccc1)N(Cc1ccc(Cl)cc1)C(=O)CN(c1ccc(Oc2ccccc2)cc1)S(=O)(=O)c1ccccc1. The summed E-state index contributed by atoms with van der Waals surface area (Å²) < 4.78 is 35.5. The lowest BCUT2D eigenvalue weighted by atomic mass is 10.0. The van der Waals surface area contributed by atoms with E-state index in [9.17, 15) is 18.0 Å². The van der Waals surface area contributed by atoms with E-state index in [-0.39, 0.29) is 29.5 Å². The van der Waals surface area contributed by atoms with E-state index in [2.05, 4.69) is 5.32 Å². The Labute approximate surface area is 299 Å². The smallest absolute Gasteiger partial charge is 0.264 e. The Bertz CT molecular complexity index is 1930. The van der Waals surface area contributed by atoms with Gasteiger partial charge in [-0.15, -0.1) is 0 Å². The van der Waals surface area contributed by atoms with Crippen LogP contribution in [0, 0.1) is 0 Å². The maximum Gasteiger partial charge on any atom is 0.264 e. The van der Waals surface area contributed by atoms with Gasteiger partial charge in [-0.2, -0.15) is 0 Å². The molecule has 0 aliphatic heterocycles. The van der Waals surface area contributed by atoms with Crippen LogP contribution in [0.4, 0.5) is 5.69 Å². The number of anilines is 1. The van der Waals surface area contributed by atoms with E-state index >= 15 is 0 Å². The molecule has 1 unspecified atom stereocenters. The van der Waals surface area contributed by atoms with E-state index in [1.165, 1.54) is 17.0 Å². The van der Waals surface area contributed by atoms with Crippen molar-refractivity contribution in [3.05, 3.63) is 156 Å². The minimum atomic E-state index is -4.23. The molecule has 1 atom stereocenters. The van der Waals surface area contributed by atoms with Crippen LogP contribution in [0.3, 0.4) is 0 Å². The fourth-order valence-electron chi connectivity index (χ4n) is 5.40. The summed E-state index contributed by atoms with van der Waals surface area (Å²) in [5.74, 6) is 0.267. The van der Waals surface area contributed by atoms with Gasteiger partial charge in [-0.05, 0) is 78.2 Å². The van der Waals surface area contributed by atoms with Gasteiger partial charge in [0.15, 0.2) is 0 Å². The molecule has 50 heavy (non-hydrogen) atoms. The quantitative estimate of drug-likeness (QED) is 0.105. The Morgan fingerprint density at radius 1 is 0.740 bits per heavy atom. The lowest BCUT2D eigenvalue weighted by Gasteiger charge is -2.34. The van der Waals surface area contributed by atoms with Gasteiger partial charge in [0, 0.05) is 24.5 Å². The Morgan fingerprint density at radius 3 is 1.94 bits per heavy atom. The average Bonchev–Trinajstić information content (AvgIpc) is 3.14. The summed E-state index contributed by atoms with van der Waals surface area (Å²) in [7, 11) is -4.23. The van der Waals surface area contributed by atoms with Crippen molar-refractivity contribution in [2.24, 2.45) is 0 Å². The number of nitrogens with zero attached hydrogens (tertiary/aromatic N) is 2. The predicted molar refractivity (Wildman–Crippen MR) is 198 cm³/mol. The number of ether oxygens (including phenoxy) is 1. The number of amides is 2. The van der Waals surface area contributed by atoms with Gasteiger partial charge in [-0.1, -0.05) is 104 Å². The molecule has 0 aromatic heterocycles. The molecule has 0 aliphatic rings. The summed E-state index contributed by atoms with van der Waals surface area (Å²) in [6.45, 7) is 1.98. The van der Waals surface area contributed by atoms with Gasteiger partial charge >= 0.3 is 0 Å². The van der Waals surface area contributed by atoms with E-state index in [1.54, 1.807) is 66.7 Å². The zero-order valence-corrected chi connectivity index (χ0v) is 29.4. The number of benzene rings is 5. The lowest BCUT2D eigenvalue weighted by molar-refractivity contribution is -0.140. The molecule has 0 saturated heterocycles. The number of unbranched alkanes of at least 4 members (excludes halogenated alkanes) is 1. The van der Waals surface area contributed by atoms with Gasteiger partial charge in [-0.3, -0.25) is 13.9 Å². The van der Waals surface area contributed by atoms with Gasteiger partial charge in [0.05, 0.1) is 10.6 Å². The van der Waals surface area contributed by atoms with Crippen LogP contribution in [-0.2, 0) is 32.6 Å². The molecule has 258 valence electrons.